The molecule has 3 aliphatic rings. The van der Waals surface area contributed by atoms with Crippen LogP contribution in [0, 0.1) is 18.8 Å². The van der Waals surface area contributed by atoms with Crippen LogP contribution < -0.4 is 0 Å². The number of piperidine rings is 1. The third kappa shape index (κ3) is 2.32. The number of carbonyl (C=O) groups is 1. The van der Waals surface area contributed by atoms with Crippen molar-refractivity contribution in [2.24, 2.45) is 11.8 Å². The first-order valence-electron chi connectivity index (χ1n) is 9.80. The van der Waals surface area contributed by atoms with Gasteiger partial charge in [0.1, 0.15) is 17.3 Å². The fourth-order valence-corrected chi connectivity index (χ4v) is 4.69. The van der Waals surface area contributed by atoms with E-state index in [4.69, 9.17) is 0 Å². The van der Waals surface area contributed by atoms with Crippen molar-refractivity contribution in [1.29, 1.82) is 0 Å². The highest BCUT2D eigenvalue weighted by Crippen LogP contribution is 2.58. The van der Waals surface area contributed by atoms with Gasteiger partial charge in [0.15, 0.2) is 0 Å². The van der Waals surface area contributed by atoms with E-state index in [2.05, 4.69) is 45.7 Å². The van der Waals surface area contributed by atoms with Crippen LogP contribution in [0.5, 0.6) is 0 Å². The Morgan fingerprint density at radius 2 is 1.96 bits per heavy atom. The zero-order valence-corrected chi connectivity index (χ0v) is 15.6. The summed E-state index contributed by atoms with van der Waals surface area (Å²) >= 11 is 0. The molecule has 5 rings (SSSR count). The smallest absolute Gasteiger partial charge is 0.274 e. The largest absolute Gasteiger partial charge is 0.337 e. The van der Waals surface area contributed by atoms with E-state index in [1.807, 2.05) is 11.0 Å². The molecule has 0 bridgehead atoms. The maximum atomic E-state index is 12.7. The Balaban J connectivity index is 1.28. The lowest BCUT2D eigenvalue weighted by Crippen LogP contribution is -2.32. The molecule has 2 aliphatic carbocycles. The number of H-pyrrole nitrogens is 1. The van der Waals surface area contributed by atoms with Crippen LogP contribution in [0.1, 0.15) is 78.8 Å². The predicted octanol–water partition coefficient (Wildman–Crippen LogP) is 2.64. The van der Waals surface area contributed by atoms with Crippen molar-refractivity contribution in [2.75, 3.05) is 13.1 Å². The molecule has 2 atom stereocenters. The van der Waals surface area contributed by atoms with Gasteiger partial charge in [0.05, 0.1) is 0 Å². The molecule has 1 aliphatic heterocycles. The minimum atomic E-state index is 0.0516. The fourth-order valence-electron chi connectivity index (χ4n) is 4.69. The van der Waals surface area contributed by atoms with Crippen molar-refractivity contribution in [3.05, 3.63) is 29.1 Å². The SMILES string of the molecule is Cc1nnc(C2C3CN(C(=O)c4cc(C(C)C)[nH]n4)CC32)n1C1CCC1. The van der Waals surface area contributed by atoms with Gasteiger partial charge in [0, 0.05) is 30.7 Å². The molecular weight excluding hydrogens is 328 g/mol. The minimum absolute atomic E-state index is 0.0516. The molecule has 1 saturated heterocycles. The first-order chi connectivity index (χ1) is 12.5. The number of rotatable bonds is 4. The number of aromatic amines is 1. The standard InChI is InChI=1S/C19H26N6O/c1-10(2)15-7-16(22-21-15)19(26)24-8-13-14(9-24)17(13)18-23-20-11(3)25(18)12-5-4-6-12/h7,10,12-14,17H,4-6,8-9H2,1-3H3,(H,21,22). The molecule has 1 amide bonds. The Morgan fingerprint density at radius 1 is 1.23 bits per heavy atom. The van der Waals surface area contributed by atoms with Crippen molar-refractivity contribution in [3.63, 3.8) is 0 Å². The molecule has 7 heteroatoms. The second-order valence-electron chi connectivity index (χ2n) is 8.49. The summed E-state index contributed by atoms with van der Waals surface area (Å²) in [6.45, 7) is 7.88. The molecule has 2 saturated carbocycles. The number of fused-ring (bicyclic) bond motifs is 1. The van der Waals surface area contributed by atoms with Crippen LogP contribution in [0.2, 0.25) is 0 Å². The summed E-state index contributed by atoms with van der Waals surface area (Å²) < 4.78 is 2.38. The summed E-state index contributed by atoms with van der Waals surface area (Å²) in [7, 11) is 0. The number of carbonyl (C=O) groups excluding carboxylic acids is 1. The number of amides is 1. The van der Waals surface area contributed by atoms with Gasteiger partial charge in [-0.2, -0.15) is 5.10 Å². The quantitative estimate of drug-likeness (QED) is 0.915. The second kappa shape index (κ2) is 5.66. The molecule has 0 spiro atoms. The van der Waals surface area contributed by atoms with E-state index in [9.17, 15) is 4.79 Å². The van der Waals surface area contributed by atoms with Crippen LogP contribution >= 0.6 is 0 Å². The Bertz CT molecular complexity index is 836. The Hall–Kier alpha value is -2.18. The molecule has 138 valence electrons. The van der Waals surface area contributed by atoms with E-state index in [0.29, 0.717) is 35.4 Å². The van der Waals surface area contributed by atoms with E-state index in [1.165, 1.54) is 19.3 Å². The van der Waals surface area contributed by atoms with E-state index in [-0.39, 0.29) is 5.91 Å². The van der Waals surface area contributed by atoms with E-state index >= 15 is 0 Å². The van der Waals surface area contributed by atoms with Crippen LogP contribution in [0.15, 0.2) is 6.07 Å². The van der Waals surface area contributed by atoms with Gasteiger partial charge in [-0.1, -0.05) is 13.8 Å². The van der Waals surface area contributed by atoms with Gasteiger partial charge >= 0.3 is 0 Å². The van der Waals surface area contributed by atoms with Gasteiger partial charge in [-0.3, -0.25) is 9.89 Å². The van der Waals surface area contributed by atoms with Crippen molar-refractivity contribution in [3.8, 4) is 0 Å². The number of aromatic nitrogens is 5. The normalized spacial score (nSPS) is 27.7. The summed E-state index contributed by atoms with van der Waals surface area (Å²) in [5, 5.41) is 16.1. The van der Waals surface area contributed by atoms with Gasteiger partial charge < -0.3 is 9.47 Å². The highest BCUT2D eigenvalue weighted by Gasteiger charge is 2.59. The summed E-state index contributed by atoms with van der Waals surface area (Å²) in [4.78, 5) is 14.7. The number of aryl methyl sites for hydroxylation is 1. The summed E-state index contributed by atoms with van der Waals surface area (Å²) in [5.74, 6) is 4.15. The van der Waals surface area contributed by atoms with Crippen molar-refractivity contribution < 1.29 is 4.79 Å². The number of likely N-dealkylation sites (tertiary alicyclic amines) is 1. The minimum Gasteiger partial charge on any atom is -0.337 e. The Morgan fingerprint density at radius 3 is 2.54 bits per heavy atom. The summed E-state index contributed by atoms with van der Waals surface area (Å²) in [6.07, 6.45) is 3.80. The van der Waals surface area contributed by atoms with Gasteiger partial charge in [0.25, 0.3) is 5.91 Å². The Kier molecular flexibility index (Phi) is 3.49. The monoisotopic (exact) mass is 354 g/mol. The highest BCUT2D eigenvalue weighted by molar-refractivity contribution is 5.92. The molecule has 26 heavy (non-hydrogen) atoms. The van der Waals surface area contributed by atoms with Crippen LogP contribution in [0.3, 0.4) is 0 Å². The fraction of sp³-hybridized carbons (Fsp3) is 0.684. The molecule has 3 heterocycles. The van der Waals surface area contributed by atoms with E-state index < -0.39 is 0 Å². The second-order valence-corrected chi connectivity index (χ2v) is 8.49. The maximum absolute atomic E-state index is 12.7. The summed E-state index contributed by atoms with van der Waals surface area (Å²) in [5.41, 5.74) is 1.56. The zero-order chi connectivity index (χ0) is 18.0. The van der Waals surface area contributed by atoms with Crippen molar-refractivity contribution in [2.45, 2.75) is 57.9 Å². The average molecular weight is 354 g/mol. The van der Waals surface area contributed by atoms with Crippen LogP contribution in [-0.4, -0.2) is 48.9 Å². The molecule has 3 fully saturated rings. The molecule has 2 aromatic heterocycles. The molecule has 0 aromatic carbocycles. The highest BCUT2D eigenvalue weighted by atomic mass is 16.2. The van der Waals surface area contributed by atoms with Gasteiger partial charge in [0.2, 0.25) is 0 Å². The maximum Gasteiger partial charge on any atom is 0.274 e. The number of hydrogen-bond acceptors (Lipinski definition) is 4. The van der Waals surface area contributed by atoms with Crippen LogP contribution in [0.4, 0.5) is 0 Å². The number of nitrogens with zero attached hydrogens (tertiary/aromatic N) is 5. The van der Waals surface area contributed by atoms with Crippen LogP contribution in [-0.2, 0) is 0 Å². The van der Waals surface area contributed by atoms with Gasteiger partial charge in [-0.05, 0) is 50.0 Å². The third-order valence-corrected chi connectivity index (χ3v) is 6.55. The van der Waals surface area contributed by atoms with Gasteiger partial charge in [-0.25, -0.2) is 0 Å². The molecule has 1 N–H and O–H groups in total. The topological polar surface area (TPSA) is 79.7 Å². The zero-order valence-electron chi connectivity index (χ0n) is 15.6. The summed E-state index contributed by atoms with van der Waals surface area (Å²) in [6, 6.07) is 2.49. The molecule has 2 unspecified atom stereocenters. The van der Waals surface area contributed by atoms with Crippen molar-refractivity contribution >= 4 is 5.91 Å². The molecule has 0 radical (unpaired) electrons. The molecule has 7 nitrogen and oxygen atoms in total. The first kappa shape index (κ1) is 16.0. The lowest BCUT2D eigenvalue weighted by molar-refractivity contribution is 0.0766. The van der Waals surface area contributed by atoms with Crippen LogP contribution in [0.25, 0.3) is 0 Å². The van der Waals surface area contributed by atoms with E-state index in [0.717, 1.165) is 30.4 Å². The third-order valence-electron chi connectivity index (χ3n) is 6.55. The number of hydrogen-bond donors (Lipinski definition) is 1. The lowest BCUT2D eigenvalue weighted by Gasteiger charge is -2.29. The average Bonchev–Trinajstić information content (AvgIpc) is 3.02. The predicted molar refractivity (Wildman–Crippen MR) is 95.9 cm³/mol. The molecule has 2 aromatic rings. The number of nitrogens with one attached hydrogen (secondary N) is 1. The van der Waals surface area contributed by atoms with Gasteiger partial charge in [-0.15, -0.1) is 10.2 Å². The molecular formula is C19H26N6O. The van der Waals surface area contributed by atoms with Crippen molar-refractivity contribution in [1.82, 2.24) is 29.9 Å². The lowest BCUT2D eigenvalue weighted by atomic mass is 9.92. The van der Waals surface area contributed by atoms with E-state index in [1.54, 1.807) is 0 Å². The Labute approximate surface area is 153 Å². The first-order valence-corrected chi connectivity index (χ1v) is 9.80.